The molecule has 1 aliphatic rings. The Labute approximate surface area is 107 Å². The molecule has 0 aromatic heterocycles. The molecule has 0 spiro atoms. The van der Waals surface area contributed by atoms with Gasteiger partial charge in [-0.15, -0.1) is 0 Å². The van der Waals surface area contributed by atoms with Crippen LogP contribution >= 0.6 is 0 Å². The summed E-state index contributed by atoms with van der Waals surface area (Å²) in [6.45, 7) is 2.41. The topological polar surface area (TPSA) is 26.3 Å². The van der Waals surface area contributed by atoms with Crippen LogP contribution in [0.25, 0.3) is 0 Å². The van der Waals surface area contributed by atoms with Crippen molar-refractivity contribution in [2.24, 2.45) is 0 Å². The van der Waals surface area contributed by atoms with Crippen molar-refractivity contribution in [2.75, 3.05) is 6.61 Å². The van der Waals surface area contributed by atoms with E-state index in [1.54, 1.807) is 6.07 Å². The van der Waals surface area contributed by atoms with Crippen molar-refractivity contribution in [1.82, 2.24) is 0 Å². The first-order valence-electron chi connectivity index (χ1n) is 6.62. The van der Waals surface area contributed by atoms with E-state index in [0.29, 0.717) is 6.61 Å². The van der Waals surface area contributed by atoms with Crippen LogP contribution in [-0.2, 0) is 14.9 Å². The van der Waals surface area contributed by atoms with Gasteiger partial charge in [-0.25, -0.2) is 4.39 Å². The summed E-state index contributed by atoms with van der Waals surface area (Å²) in [5.74, 6) is -0.477. The van der Waals surface area contributed by atoms with Crippen LogP contribution in [0.15, 0.2) is 24.3 Å². The summed E-state index contributed by atoms with van der Waals surface area (Å²) in [6.07, 6.45) is 4.33. The van der Waals surface area contributed by atoms with Gasteiger partial charge in [0.25, 0.3) is 0 Å². The lowest BCUT2D eigenvalue weighted by Gasteiger charge is -2.27. The van der Waals surface area contributed by atoms with Gasteiger partial charge >= 0.3 is 5.97 Å². The first kappa shape index (κ1) is 13.1. The second-order valence-corrected chi connectivity index (χ2v) is 4.94. The molecule has 2 rings (SSSR count). The molecule has 18 heavy (non-hydrogen) atoms. The Morgan fingerprint density at radius 2 is 2.11 bits per heavy atom. The van der Waals surface area contributed by atoms with Crippen LogP contribution < -0.4 is 0 Å². The molecule has 2 nitrogen and oxygen atoms in total. The lowest BCUT2D eigenvalue weighted by molar-refractivity contribution is -0.150. The van der Waals surface area contributed by atoms with Gasteiger partial charge < -0.3 is 4.74 Å². The molecule has 0 bridgehead atoms. The third-order valence-electron chi connectivity index (χ3n) is 3.66. The van der Waals surface area contributed by atoms with E-state index < -0.39 is 5.41 Å². The Bertz CT molecular complexity index is 422. The first-order chi connectivity index (χ1) is 8.69. The fourth-order valence-electron chi connectivity index (χ4n) is 2.71. The number of carbonyl (C=O) groups excluding carboxylic acids is 1. The quantitative estimate of drug-likeness (QED) is 0.763. The third kappa shape index (κ3) is 2.40. The molecule has 0 atom stereocenters. The van der Waals surface area contributed by atoms with Crippen molar-refractivity contribution >= 4 is 5.97 Å². The summed E-state index contributed by atoms with van der Waals surface area (Å²) in [4.78, 5) is 12.3. The molecule has 0 unspecified atom stereocenters. The standard InChI is InChI=1S/C15H19FO2/c1-2-10-18-14(17)15(8-3-4-9-15)12-6-5-7-13(16)11-12/h5-7,11H,2-4,8-10H2,1H3. The minimum absolute atomic E-state index is 0.188. The normalized spacial score (nSPS) is 17.7. The zero-order valence-electron chi connectivity index (χ0n) is 10.7. The number of rotatable bonds is 4. The highest BCUT2D eigenvalue weighted by Gasteiger charge is 2.44. The van der Waals surface area contributed by atoms with E-state index in [4.69, 9.17) is 4.74 Å². The number of benzene rings is 1. The van der Waals surface area contributed by atoms with Gasteiger partial charge in [0, 0.05) is 0 Å². The van der Waals surface area contributed by atoms with E-state index in [9.17, 15) is 9.18 Å². The van der Waals surface area contributed by atoms with Crippen molar-refractivity contribution < 1.29 is 13.9 Å². The number of carbonyl (C=O) groups is 1. The molecule has 98 valence electrons. The van der Waals surface area contributed by atoms with Gasteiger partial charge in [0.05, 0.1) is 12.0 Å². The maximum atomic E-state index is 13.4. The highest BCUT2D eigenvalue weighted by atomic mass is 19.1. The first-order valence-corrected chi connectivity index (χ1v) is 6.62. The average molecular weight is 250 g/mol. The fraction of sp³-hybridized carbons (Fsp3) is 0.533. The number of hydrogen-bond donors (Lipinski definition) is 0. The van der Waals surface area contributed by atoms with Crippen molar-refractivity contribution in [3.8, 4) is 0 Å². The number of esters is 1. The molecule has 0 radical (unpaired) electrons. The number of ether oxygens (including phenoxy) is 1. The minimum atomic E-state index is -0.614. The molecule has 3 heteroatoms. The molecular weight excluding hydrogens is 231 g/mol. The number of halogens is 1. The minimum Gasteiger partial charge on any atom is -0.465 e. The molecule has 1 aliphatic carbocycles. The SMILES string of the molecule is CCCOC(=O)C1(c2cccc(F)c2)CCCC1. The second kappa shape index (κ2) is 5.51. The molecule has 0 saturated heterocycles. The highest BCUT2D eigenvalue weighted by Crippen LogP contribution is 2.42. The highest BCUT2D eigenvalue weighted by molar-refractivity contribution is 5.83. The van der Waals surface area contributed by atoms with E-state index in [1.165, 1.54) is 12.1 Å². The van der Waals surface area contributed by atoms with Crippen LogP contribution in [0.4, 0.5) is 4.39 Å². The second-order valence-electron chi connectivity index (χ2n) is 4.94. The number of hydrogen-bond acceptors (Lipinski definition) is 2. The van der Waals surface area contributed by atoms with Crippen LogP contribution in [-0.4, -0.2) is 12.6 Å². The fourth-order valence-corrected chi connectivity index (χ4v) is 2.71. The van der Waals surface area contributed by atoms with Crippen LogP contribution in [0.3, 0.4) is 0 Å². The molecular formula is C15H19FO2. The zero-order chi connectivity index (χ0) is 13.0. The summed E-state index contributed by atoms with van der Waals surface area (Å²) in [5, 5.41) is 0. The van der Waals surface area contributed by atoms with Gasteiger partial charge in [0.2, 0.25) is 0 Å². The summed E-state index contributed by atoms with van der Waals surface area (Å²) < 4.78 is 18.7. The molecule has 0 aliphatic heterocycles. The van der Waals surface area contributed by atoms with Crippen molar-refractivity contribution in [1.29, 1.82) is 0 Å². The van der Waals surface area contributed by atoms with Gasteiger partial charge in [-0.05, 0) is 37.0 Å². The Morgan fingerprint density at radius 3 is 2.72 bits per heavy atom. The Kier molecular flexibility index (Phi) is 4.00. The summed E-state index contributed by atoms with van der Waals surface area (Å²) in [7, 11) is 0. The molecule has 1 aromatic carbocycles. The predicted molar refractivity (Wildman–Crippen MR) is 67.8 cm³/mol. The van der Waals surface area contributed by atoms with Gasteiger partial charge in [0.1, 0.15) is 5.82 Å². The van der Waals surface area contributed by atoms with E-state index in [2.05, 4.69) is 0 Å². The molecule has 0 amide bonds. The van der Waals surface area contributed by atoms with Gasteiger partial charge in [-0.3, -0.25) is 4.79 Å². The van der Waals surface area contributed by atoms with Crippen molar-refractivity contribution in [3.05, 3.63) is 35.6 Å². The Balaban J connectivity index is 2.29. The zero-order valence-corrected chi connectivity index (χ0v) is 10.7. The van der Waals surface area contributed by atoms with E-state index >= 15 is 0 Å². The predicted octanol–water partition coefficient (Wildman–Crippen LogP) is 3.59. The molecule has 0 heterocycles. The molecule has 0 N–H and O–H groups in total. The van der Waals surface area contributed by atoms with Crippen LogP contribution in [0.5, 0.6) is 0 Å². The van der Waals surface area contributed by atoms with Gasteiger partial charge in [0.15, 0.2) is 0 Å². The lowest BCUT2D eigenvalue weighted by Crippen LogP contribution is -2.35. The lowest BCUT2D eigenvalue weighted by atomic mass is 9.79. The maximum absolute atomic E-state index is 13.4. The monoisotopic (exact) mass is 250 g/mol. The van der Waals surface area contributed by atoms with E-state index in [-0.39, 0.29) is 11.8 Å². The van der Waals surface area contributed by atoms with Crippen LogP contribution in [0.1, 0.15) is 44.6 Å². The molecule has 1 fully saturated rings. The van der Waals surface area contributed by atoms with Crippen molar-refractivity contribution in [3.63, 3.8) is 0 Å². The maximum Gasteiger partial charge on any atom is 0.316 e. The van der Waals surface area contributed by atoms with Crippen LogP contribution in [0, 0.1) is 5.82 Å². The third-order valence-corrected chi connectivity index (χ3v) is 3.66. The largest absolute Gasteiger partial charge is 0.465 e. The molecule has 1 saturated carbocycles. The average Bonchev–Trinajstić information content (AvgIpc) is 2.86. The van der Waals surface area contributed by atoms with Crippen molar-refractivity contribution in [2.45, 2.75) is 44.4 Å². The summed E-state index contributed by atoms with van der Waals surface area (Å²) >= 11 is 0. The van der Waals surface area contributed by atoms with Gasteiger partial charge in [-0.2, -0.15) is 0 Å². The van der Waals surface area contributed by atoms with E-state index in [0.717, 1.165) is 37.7 Å². The summed E-state index contributed by atoms with van der Waals surface area (Å²) in [5.41, 5.74) is 0.151. The Morgan fingerprint density at radius 1 is 1.39 bits per heavy atom. The Hall–Kier alpha value is -1.38. The van der Waals surface area contributed by atoms with E-state index in [1.807, 2.05) is 13.0 Å². The molecule has 1 aromatic rings. The smallest absolute Gasteiger partial charge is 0.316 e. The summed E-state index contributed by atoms with van der Waals surface area (Å²) in [6, 6.07) is 6.38. The van der Waals surface area contributed by atoms with Gasteiger partial charge in [-0.1, -0.05) is 31.9 Å². The van der Waals surface area contributed by atoms with Crippen LogP contribution in [0.2, 0.25) is 0 Å².